The molecule has 0 heterocycles. The first-order valence-corrected chi connectivity index (χ1v) is 5.63. The van der Waals surface area contributed by atoms with E-state index in [4.69, 9.17) is 5.73 Å². The van der Waals surface area contributed by atoms with E-state index in [0.717, 1.165) is 0 Å². The summed E-state index contributed by atoms with van der Waals surface area (Å²) >= 11 is 0. The van der Waals surface area contributed by atoms with Gasteiger partial charge < -0.3 is 11.1 Å². The average Bonchev–Trinajstić information content (AvgIpc) is 2.16. The third-order valence-corrected chi connectivity index (χ3v) is 2.59. The van der Waals surface area contributed by atoms with Crippen molar-refractivity contribution in [1.29, 1.82) is 0 Å². The van der Waals surface area contributed by atoms with Gasteiger partial charge in [0.05, 0.1) is 11.8 Å². The lowest BCUT2D eigenvalue weighted by molar-refractivity contribution is -0.134. The summed E-state index contributed by atoms with van der Waals surface area (Å²) in [6.07, 6.45) is 2.07. The van der Waals surface area contributed by atoms with E-state index in [1.54, 1.807) is 6.08 Å². The lowest BCUT2D eigenvalue weighted by atomic mass is 9.80. The normalized spacial score (nSPS) is 14.2. The van der Waals surface area contributed by atoms with Gasteiger partial charge in [-0.1, -0.05) is 19.9 Å². The molecule has 2 amide bonds. The zero-order valence-corrected chi connectivity index (χ0v) is 10.3. The van der Waals surface area contributed by atoms with Crippen LogP contribution in [0.4, 0.5) is 0 Å². The van der Waals surface area contributed by atoms with Crippen LogP contribution in [0.3, 0.4) is 0 Å². The lowest BCUT2D eigenvalue weighted by Crippen LogP contribution is -2.42. The second-order valence-corrected chi connectivity index (χ2v) is 4.20. The SMILES string of the molecule is C=CC[C@H](C(N)=O)C(C(=O)NCC)C(C)C. The molecule has 0 aromatic carbocycles. The van der Waals surface area contributed by atoms with Crippen LogP contribution in [0.5, 0.6) is 0 Å². The van der Waals surface area contributed by atoms with E-state index in [0.29, 0.717) is 13.0 Å². The first-order chi connectivity index (χ1) is 7.45. The molecule has 92 valence electrons. The third-order valence-electron chi connectivity index (χ3n) is 2.59. The summed E-state index contributed by atoms with van der Waals surface area (Å²) in [6, 6.07) is 0. The van der Waals surface area contributed by atoms with Crippen molar-refractivity contribution < 1.29 is 9.59 Å². The van der Waals surface area contributed by atoms with Crippen molar-refractivity contribution in [3.8, 4) is 0 Å². The van der Waals surface area contributed by atoms with Crippen LogP contribution in [-0.2, 0) is 9.59 Å². The van der Waals surface area contributed by atoms with E-state index in [1.165, 1.54) is 0 Å². The summed E-state index contributed by atoms with van der Waals surface area (Å²) in [7, 11) is 0. The van der Waals surface area contributed by atoms with Crippen LogP contribution >= 0.6 is 0 Å². The standard InChI is InChI=1S/C12H22N2O2/c1-5-7-9(11(13)15)10(8(3)4)12(16)14-6-2/h5,8-10H,1,6-7H2,2-4H3,(H2,13,15)(H,14,16)/t9-,10?/m0/s1. The molecule has 0 aliphatic heterocycles. The fourth-order valence-corrected chi connectivity index (χ4v) is 1.86. The van der Waals surface area contributed by atoms with Crippen molar-refractivity contribution in [3.63, 3.8) is 0 Å². The molecule has 0 bridgehead atoms. The number of primary amides is 1. The van der Waals surface area contributed by atoms with Gasteiger partial charge in [0, 0.05) is 6.54 Å². The highest BCUT2D eigenvalue weighted by molar-refractivity contribution is 5.87. The molecule has 0 rings (SSSR count). The van der Waals surface area contributed by atoms with Gasteiger partial charge in [0.15, 0.2) is 0 Å². The average molecular weight is 226 g/mol. The van der Waals surface area contributed by atoms with Gasteiger partial charge >= 0.3 is 0 Å². The van der Waals surface area contributed by atoms with Gasteiger partial charge in [-0.15, -0.1) is 6.58 Å². The highest BCUT2D eigenvalue weighted by Crippen LogP contribution is 2.24. The van der Waals surface area contributed by atoms with Crippen molar-refractivity contribution in [2.24, 2.45) is 23.5 Å². The van der Waals surface area contributed by atoms with Gasteiger partial charge in [-0.05, 0) is 19.3 Å². The molecule has 0 fully saturated rings. The van der Waals surface area contributed by atoms with Gasteiger partial charge in [-0.3, -0.25) is 9.59 Å². The Kier molecular flexibility index (Phi) is 6.46. The maximum Gasteiger partial charge on any atom is 0.224 e. The maximum atomic E-state index is 11.9. The molecule has 0 radical (unpaired) electrons. The molecule has 0 spiro atoms. The van der Waals surface area contributed by atoms with Crippen LogP contribution < -0.4 is 11.1 Å². The summed E-state index contributed by atoms with van der Waals surface area (Å²) in [4.78, 5) is 23.2. The topological polar surface area (TPSA) is 72.2 Å². The van der Waals surface area contributed by atoms with Gasteiger partial charge in [-0.25, -0.2) is 0 Å². The van der Waals surface area contributed by atoms with E-state index in [2.05, 4.69) is 11.9 Å². The van der Waals surface area contributed by atoms with E-state index < -0.39 is 11.8 Å². The van der Waals surface area contributed by atoms with Crippen LogP contribution in [0.1, 0.15) is 27.2 Å². The number of carbonyl (C=O) groups is 2. The number of hydrogen-bond acceptors (Lipinski definition) is 2. The van der Waals surface area contributed by atoms with Gasteiger partial charge in [0.25, 0.3) is 0 Å². The Morgan fingerprint density at radius 3 is 2.31 bits per heavy atom. The maximum absolute atomic E-state index is 11.9. The molecule has 1 unspecified atom stereocenters. The van der Waals surface area contributed by atoms with E-state index in [-0.39, 0.29) is 17.7 Å². The smallest absolute Gasteiger partial charge is 0.224 e. The quantitative estimate of drug-likeness (QED) is 0.637. The minimum atomic E-state index is -0.468. The number of carbonyl (C=O) groups excluding carboxylic acids is 2. The molecular formula is C12H22N2O2. The molecule has 16 heavy (non-hydrogen) atoms. The molecule has 0 saturated carbocycles. The molecule has 0 aliphatic carbocycles. The van der Waals surface area contributed by atoms with Crippen LogP contribution in [0.2, 0.25) is 0 Å². The Bertz CT molecular complexity index is 262. The predicted octanol–water partition coefficient (Wildman–Crippen LogP) is 1.07. The summed E-state index contributed by atoms with van der Waals surface area (Å²) in [5.41, 5.74) is 5.33. The number of hydrogen-bond donors (Lipinski definition) is 2. The van der Waals surface area contributed by atoms with E-state index >= 15 is 0 Å². The highest BCUT2D eigenvalue weighted by atomic mass is 16.2. The molecule has 4 heteroatoms. The summed E-state index contributed by atoms with van der Waals surface area (Å²) in [6.45, 7) is 9.83. The summed E-state index contributed by atoms with van der Waals surface area (Å²) in [5, 5.41) is 2.74. The molecule has 0 saturated heterocycles. The van der Waals surface area contributed by atoms with Crippen LogP contribution in [0, 0.1) is 17.8 Å². The first kappa shape index (κ1) is 14.7. The molecule has 0 aliphatic rings. The number of allylic oxidation sites excluding steroid dienone is 1. The van der Waals surface area contributed by atoms with Crippen LogP contribution in [0.25, 0.3) is 0 Å². The number of rotatable bonds is 7. The van der Waals surface area contributed by atoms with Crippen molar-refractivity contribution >= 4 is 11.8 Å². The molecule has 3 N–H and O–H groups in total. The zero-order chi connectivity index (χ0) is 12.7. The van der Waals surface area contributed by atoms with Gasteiger partial charge in [0.2, 0.25) is 11.8 Å². The monoisotopic (exact) mass is 226 g/mol. The minimum absolute atomic E-state index is 0.0731. The Balaban J connectivity index is 4.90. The van der Waals surface area contributed by atoms with Crippen molar-refractivity contribution in [1.82, 2.24) is 5.32 Å². The van der Waals surface area contributed by atoms with E-state index in [9.17, 15) is 9.59 Å². The fourth-order valence-electron chi connectivity index (χ4n) is 1.86. The zero-order valence-electron chi connectivity index (χ0n) is 10.3. The largest absolute Gasteiger partial charge is 0.369 e. The molecule has 2 atom stereocenters. The van der Waals surface area contributed by atoms with Crippen molar-refractivity contribution in [2.75, 3.05) is 6.54 Å². The Labute approximate surface area is 97.3 Å². The third kappa shape index (κ3) is 4.04. The van der Waals surface area contributed by atoms with Crippen molar-refractivity contribution in [2.45, 2.75) is 27.2 Å². The van der Waals surface area contributed by atoms with Crippen LogP contribution in [-0.4, -0.2) is 18.4 Å². The Morgan fingerprint density at radius 2 is 2.00 bits per heavy atom. The highest BCUT2D eigenvalue weighted by Gasteiger charge is 2.33. The first-order valence-electron chi connectivity index (χ1n) is 5.63. The van der Waals surface area contributed by atoms with Crippen molar-refractivity contribution in [3.05, 3.63) is 12.7 Å². The molecule has 4 nitrogen and oxygen atoms in total. The number of nitrogens with two attached hydrogens (primary N) is 1. The second-order valence-electron chi connectivity index (χ2n) is 4.20. The van der Waals surface area contributed by atoms with E-state index in [1.807, 2.05) is 20.8 Å². The van der Waals surface area contributed by atoms with Crippen LogP contribution in [0.15, 0.2) is 12.7 Å². The molecule has 0 aromatic heterocycles. The Hall–Kier alpha value is -1.32. The van der Waals surface area contributed by atoms with Gasteiger partial charge in [0.1, 0.15) is 0 Å². The predicted molar refractivity (Wildman–Crippen MR) is 64.5 cm³/mol. The molecular weight excluding hydrogens is 204 g/mol. The van der Waals surface area contributed by atoms with Gasteiger partial charge in [-0.2, -0.15) is 0 Å². The minimum Gasteiger partial charge on any atom is -0.369 e. The summed E-state index contributed by atoms with van der Waals surface area (Å²) < 4.78 is 0. The fraction of sp³-hybridized carbons (Fsp3) is 0.667. The number of nitrogens with one attached hydrogen (secondary N) is 1. The second kappa shape index (κ2) is 7.04. The molecule has 0 aromatic rings. The Morgan fingerprint density at radius 1 is 1.44 bits per heavy atom. The number of amides is 2. The lowest BCUT2D eigenvalue weighted by Gasteiger charge is -2.26. The summed E-state index contributed by atoms with van der Waals surface area (Å²) in [5.74, 6) is -1.32.